The van der Waals surface area contributed by atoms with Crippen molar-refractivity contribution in [2.24, 2.45) is 0 Å². The summed E-state index contributed by atoms with van der Waals surface area (Å²) in [5, 5.41) is 0. The van der Waals surface area contributed by atoms with E-state index in [-0.39, 0.29) is 12.7 Å². The van der Waals surface area contributed by atoms with Gasteiger partial charge in [-0.3, -0.25) is 0 Å². The molecule has 6 heteroatoms. The van der Waals surface area contributed by atoms with Gasteiger partial charge in [0.2, 0.25) is 0 Å². The number of allylic oxidation sites excluding steroid dienone is 1. The van der Waals surface area contributed by atoms with Gasteiger partial charge in [0.15, 0.2) is 0 Å². The topological polar surface area (TPSA) is 21.8 Å². The first-order chi connectivity index (χ1) is 5.47. The van der Waals surface area contributed by atoms with Gasteiger partial charge in [0, 0.05) is 0 Å². The minimum absolute atomic E-state index is 0.168. The van der Waals surface area contributed by atoms with Crippen molar-refractivity contribution in [3.8, 4) is 0 Å². The molecule has 70 valence electrons. The van der Waals surface area contributed by atoms with E-state index in [1.54, 1.807) is 0 Å². The molecule has 0 spiro atoms. The Morgan fingerprint density at radius 3 is 2.58 bits per heavy atom. The van der Waals surface area contributed by atoms with Gasteiger partial charge in [0.25, 0.3) is 6.01 Å². The van der Waals surface area contributed by atoms with Crippen LogP contribution in [0.2, 0.25) is 0 Å². The molecule has 1 heterocycles. The quantitative estimate of drug-likeness (QED) is 0.380. The Morgan fingerprint density at radius 1 is 1.58 bits per heavy atom. The largest absolute Gasteiger partial charge is 0.468 e. The second-order valence-corrected chi connectivity index (χ2v) is 2.26. The zero-order valence-electron chi connectivity index (χ0n) is 5.90. The molecular formula is C6H6F4O2. The number of halogens is 4. The maximum atomic E-state index is 12.2. The lowest BCUT2D eigenvalue weighted by Crippen LogP contribution is -2.05. The molecule has 1 aliphatic heterocycles. The zero-order chi connectivity index (χ0) is 9.19. The van der Waals surface area contributed by atoms with Gasteiger partial charge in [-0.15, -0.1) is 0 Å². The summed E-state index contributed by atoms with van der Waals surface area (Å²) < 4.78 is 55.1. The van der Waals surface area contributed by atoms with Crippen molar-refractivity contribution in [2.75, 3.05) is 13.2 Å². The highest BCUT2D eigenvalue weighted by molar-refractivity contribution is 4.89. The summed E-state index contributed by atoms with van der Waals surface area (Å²) >= 11 is 0. The van der Waals surface area contributed by atoms with Crippen LogP contribution in [0.4, 0.5) is 17.6 Å². The van der Waals surface area contributed by atoms with Crippen molar-refractivity contribution < 1.29 is 27.0 Å². The van der Waals surface area contributed by atoms with Crippen molar-refractivity contribution in [1.29, 1.82) is 0 Å². The van der Waals surface area contributed by atoms with Crippen molar-refractivity contribution in [3.05, 3.63) is 12.1 Å². The van der Waals surface area contributed by atoms with Crippen LogP contribution in [0.5, 0.6) is 0 Å². The summed E-state index contributed by atoms with van der Waals surface area (Å²) in [5.41, 5.74) is 0. The van der Waals surface area contributed by atoms with Gasteiger partial charge >= 0.3 is 6.18 Å². The molecule has 0 N–H and O–H groups in total. The Balaban J connectivity index is 2.25. The predicted molar refractivity (Wildman–Crippen MR) is 30.9 cm³/mol. The third kappa shape index (κ3) is 4.17. The molecule has 12 heavy (non-hydrogen) atoms. The molecule has 0 radical (unpaired) electrons. The fourth-order valence-electron chi connectivity index (χ4n) is 0.507. The van der Waals surface area contributed by atoms with Crippen LogP contribution in [0, 0.1) is 0 Å². The zero-order valence-corrected chi connectivity index (χ0v) is 5.90. The average molecular weight is 186 g/mol. The van der Waals surface area contributed by atoms with Gasteiger partial charge in [0.1, 0.15) is 12.7 Å². The molecule has 1 aliphatic rings. The van der Waals surface area contributed by atoms with E-state index >= 15 is 0 Å². The molecule has 0 aliphatic carbocycles. The second-order valence-electron chi connectivity index (χ2n) is 2.26. The maximum Gasteiger partial charge on any atom is 0.415 e. The van der Waals surface area contributed by atoms with Crippen LogP contribution in [-0.4, -0.2) is 25.5 Å². The van der Waals surface area contributed by atoms with Crippen molar-refractivity contribution in [3.63, 3.8) is 0 Å². The second kappa shape index (κ2) is 3.30. The molecule has 1 unspecified atom stereocenters. The van der Waals surface area contributed by atoms with E-state index in [9.17, 15) is 17.6 Å². The van der Waals surface area contributed by atoms with Crippen LogP contribution < -0.4 is 0 Å². The van der Waals surface area contributed by atoms with Gasteiger partial charge in [0.05, 0.1) is 12.7 Å². The fraction of sp³-hybridized carbons (Fsp3) is 0.667. The molecule has 0 aromatic heterocycles. The van der Waals surface area contributed by atoms with E-state index < -0.39 is 18.3 Å². The Bertz CT molecular complexity index is 182. The van der Waals surface area contributed by atoms with E-state index in [0.29, 0.717) is 6.61 Å². The highest BCUT2D eigenvalue weighted by Crippen LogP contribution is 2.20. The number of rotatable bonds is 3. The fourth-order valence-corrected chi connectivity index (χ4v) is 0.507. The Labute approximate surface area is 65.8 Å². The highest BCUT2D eigenvalue weighted by Gasteiger charge is 2.28. The van der Waals surface area contributed by atoms with Crippen LogP contribution in [0.1, 0.15) is 0 Å². The maximum absolute atomic E-state index is 12.2. The van der Waals surface area contributed by atoms with E-state index in [1.807, 2.05) is 0 Å². The van der Waals surface area contributed by atoms with Crippen LogP contribution in [0.3, 0.4) is 0 Å². The van der Waals surface area contributed by atoms with Gasteiger partial charge < -0.3 is 9.47 Å². The number of hydrogen-bond donors (Lipinski definition) is 0. The summed E-state index contributed by atoms with van der Waals surface area (Å²) in [6, 6.07) is -1.63. The summed E-state index contributed by atoms with van der Waals surface area (Å²) in [4.78, 5) is 0. The van der Waals surface area contributed by atoms with E-state index in [4.69, 9.17) is 0 Å². The number of hydrogen-bond acceptors (Lipinski definition) is 2. The molecular weight excluding hydrogens is 180 g/mol. The van der Waals surface area contributed by atoms with Crippen LogP contribution in [0.15, 0.2) is 12.1 Å². The SMILES string of the molecule is F/C(=C\C(F)(F)F)OCC1CO1. The third-order valence-corrected chi connectivity index (χ3v) is 1.09. The normalized spacial score (nSPS) is 24.0. The van der Waals surface area contributed by atoms with Crippen LogP contribution >= 0.6 is 0 Å². The average Bonchev–Trinajstić information content (AvgIpc) is 2.61. The van der Waals surface area contributed by atoms with Crippen LogP contribution in [-0.2, 0) is 9.47 Å². The Morgan fingerprint density at radius 2 is 2.17 bits per heavy atom. The first kappa shape index (κ1) is 9.31. The Hall–Kier alpha value is -0.780. The summed E-state index contributed by atoms with van der Waals surface area (Å²) in [6.45, 7) is 0.248. The van der Waals surface area contributed by atoms with Gasteiger partial charge in [-0.25, -0.2) is 0 Å². The van der Waals surface area contributed by atoms with E-state index in [1.165, 1.54) is 0 Å². The molecule has 0 aromatic rings. The van der Waals surface area contributed by atoms with Crippen LogP contribution in [0.25, 0.3) is 0 Å². The van der Waals surface area contributed by atoms with Crippen molar-refractivity contribution in [1.82, 2.24) is 0 Å². The molecule has 1 fully saturated rings. The monoisotopic (exact) mass is 186 g/mol. The van der Waals surface area contributed by atoms with E-state index in [0.717, 1.165) is 0 Å². The predicted octanol–water partition coefficient (Wildman–Crippen LogP) is 1.78. The summed E-state index contributed by atoms with van der Waals surface area (Å²) in [7, 11) is 0. The first-order valence-electron chi connectivity index (χ1n) is 3.17. The standard InChI is InChI=1S/C6H6F4O2/c7-5(1-6(8,9)10)12-3-4-2-11-4/h1,4H,2-3H2/b5-1+. The summed E-state index contributed by atoms with van der Waals surface area (Å²) in [6.07, 6.45) is -5.46. The van der Waals surface area contributed by atoms with Crippen molar-refractivity contribution in [2.45, 2.75) is 12.3 Å². The lowest BCUT2D eigenvalue weighted by Gasteiger charge is -2.01. The smallest absolute Gasteiger partial charge is 0.415 e. The number of ether oxygens (including phenoxy) is 2. The number of epoxide rings is 1. The highest BCUT2D eigenvalue weighted by atomic mass is 19.4. The lowest BCUT2D eigenvalue weighted by atomic mass is 10.5. The molecule has 1 saturated heterocycles. The molecule has 1 rings (SSSR count). The minimum Gasteiger partial charge on any atom is -0.468 e. The van der Waals surface area contributed by atoms with Gasteiger partial charge in [-0.05, 0) is 0 Å². The lowest BCUT2D eigenvalue weighted by molar-refractivity contribution is -0.0852. The van der Waals surface area contributed by atoms with Gasteiger partial charge in [-0.2, -0.15) is 17.6 Å². The molecule has 0 aromatic carbocycles. The number of alkyl halides is 3. The molecule has 0 saturated carbocycles. The molecule has 0 amide bonds. The summed E-state index contributed by atoms with van der Waals surface area (Å²) in [5.74, 6) is 0. The first-order valence-corrected chi connectivity index (χ1v) is 3.17. The third-order valence-electron chi connectivity index (χ3n) is 1.09. The minimum atomic E-state index is -4.67. The van der Waals surface area contributed by atoms with Crippen molar-refractivity contribution >= 4 is 0 Å². The molecule has 1 atom stereocenters. The van der Waals surface area contributed by atoms with Gasteiger partial charge in [-0.1, -0.05) is 0 Å². The molecule has 2 nitrogen and oxygen atoms in total. The van der Waals surface area contributed by atoms with E-state index in [2.05, 4.69) is 9.47 Å². The molecule has 0 bridgehead atoms. The Kier molecular flexibility index (Phi) is 2.56.